The minimum absolute atomic E-state index is 0.259. The molecule has 0 bridgehead atoms. The lowest BCUT2D eigenvalue weighted by atomic mass is 9.96. The van der Waals surface area contributed by atoms with Gasteiger partial charge in [0.15, 0.2) is 0 Å². The smallest absolute Gasteiger partial charge is 0.123 e. The van der Waals surface area contributed by atoms with Gasteiger partial charge in [-0.1, -0.05) is 18.2 Å². The molecule has 2 aromatic carbocycles. The molecule has 0 atom stereocenters. The highest BCUT2D eigenvalue weighted by Crippen LogP contribution is 2.30. The van der Waals surface area contributed by atoms with E-state index in [1.54, 1.807) is 6.07 Å². The zero-order valence-electron chi connectivity index (χ0n) is 9.42. The van der Waals surface area contributed by atoms with Gasteiger partial charge in [-0.15, -0.1) is 0 Å². The summed E-state index contributed by atoms with van der Waals surface area (Å²) in [6, 6.07) is 10.4. The van der Waals surface area contributed by atoms with Gasteiger partial charge in [-0.3, -0.25) is 0 Å². The summed E-state index contributed by atoms with van der Waals surface area (Å²) in [5.74, 6) is -0.259. The highest BCUT2D eigenvalue weighted by Gasteiger charge is 2.07. The van der Waals surface area contributed by atoms with E-state index in [-0.39, 0.29) is 5.82 Å². The fourth-order valence-electron chi connectivity index (χ4n) is 1.80. The van der Waals surface area contributed by atoms with Crippen LogP contribution in [0.1, 0.15) is 11.1 Å². The van der Waals surface area contributed by atoms with Crippen molar-refractivity contribution in [1.29, 1.82) is 0 Å². The Bertz CT molecular complexity index is 532. The molecule has 16 heavy (non-hydrogen) atoms. The molecule has 0 aliphatic heterocycles. The number of hydrogen-bond acceptors (Lipinski definition) is 1. The summed E-state index contributed by atoms with van der Waals surface area (Å²) in [7, 11) is 0. The van der Waals surface area contributed by atoms with Gasteiger partial charge >= 0.3 is 0 Å². The highest BCUT2D eigenvalue weighted by atomic mass is 19.1. The van der Waals surface area contributed by atoms with Gasteiger partial charge in [0.2, 0.25) is 0 Å². The first-order valence-electron chi connectivity index (χ1n) is 5.21. The Kier molecular flexibility index (Phi) is 2.65. The van der Waals surface area contributed by atoms with Crippen LogP contribution in [0, 0.1) is 19.7 Å². The number of rotatable bonds is 1. The molecular weight excluding hydrogens is 201 g/mol. The average Bonchev–Trinajstić information content (AvgIpc) is 2.26. The number of benzene rings is 2. The van der Waals surface area contributed by atoms with Crippen LogP contribution >= 0.6 is 0 Å². The van der Waals surface area contributed by atoms with Crippen molar-refractivity contribution < 1.29 is 4.39 Å². The molecule has 0 aliphatic rings. The molecule has 2 N–H and O–H groups in total. The minimum Gasteiger partial charge on any atom is -0.398 e. The van der Waals surface area contributed by atoms with Crippen molar-refractivity contribution in [2.75, 3.05) is 5.73 Å². The third kappa shape index (κ3) is 1.78. The Morgan fingerprint density at radius 1 is 1.00 bits per heavy atom. The van der Waals surface area contributed by atoms with Gasteiger partial charge in [-0.05, 0) is 48.7 Å². The first-order valence-corrected chi connectivity index (χ1v) is 5.21. The Hall–Kier alpha value is -1.83. The van der Waals surface area contributed by atoms with Crippen LogP contribution in [0.2, 0.25) is 0 Å². The van der Waals surface area contributed by atoms with Crippen LogP contribution < -0.4 is 5.73 Å². The Morgan fingerprint density at radius 2 is 1.75 bits per heavy atom. The monoisotopic (exact) mass is 215 g/mol. The van der Waals surface area contributed by atoms with Crippen molar-refractivity contribution in [3.8, 4) is 11.1 Å². The summed E-state index contributed by atoms with van der Waals surface area (Å²) in [5.41, 5.74) is 10.6. The summed E-state index contributed by atoms with van der Waals surface area (Å²) in [6.45, 7) is 4.06. The maximum atomic E-state index is 13.2. The van der Waals surface area contributed by atoms with E-state index in [2.05, 4.69) is 0 Å². The van der Waals surface area contributed by atoms with Crippen molar-refractivity contribution in [1.82, 2.24) is 0 Å². The molecular formula is C14H14FN. The number of nitrogen functional groups attached to an aromatic ring is 1. The third-order valence-corrected chi connectivity index (χ3v) is 2.91. The second-order valence-corrected chi connectivity index (χ2v) is 3.98. The van der Waals surface area contributed by atoms with Crippen LogP contribution in [0.5, 0.6) is 0 Å². The van der Waals surface area contributed by atoms with Crippen LogP contribution in [0.3, 0.4) is 0 Å². The van der Waals surface area contributed by atoms with Gasteiger partial charge < -0.3 is 5.73 Å². The van der Waals surface area contributed by atoms with Crippen molar-refractivity contribution in [3.05, 3.63) is 53.3 Å². The number of anilines is 1. The molecule has 0 aliphatic carbocycles. The molecule has 0 unspecified atom stereocenters. The zero-order valence-corrected chi connectivity index (χ0v) is 9.42. The van der Waals surface area contributed by atoms with Crippen LogP contribution in [-0.4, -0.2) is 0 Å². The summed E-state index contributed by atoms with van der Waals surface area (Å²) >= 11 is 0. The Morgan fingerprint density at radius 3 is 2.50 bits per heavy atom. The van der Waals surface area contributed by atoms with E-state index in [4.69, 9.17) is 5.73 Å². The van der Waals surface area contributed by atoms with Crippen molar-refractivity contribution in [2.24, 2.45) is 0 Å². The summed E-state index contributed by atoms with van der Waals surface area (Å²) in [6.07, 6.45) is 0. The van der Waals surface area contributed by atoms with Crippen LogP contribution in [0.25, 0.3) is 11.1 Å². The summed E-state index contributed by atoms with van der Waals surface area (Å²) in [4.78, 5) is 0. The molecule has 0 saturated carbocycles. The van der Waals surface area contributed by atoms with Crippen molar-refractivity contribution >= 4 is 5.69 Å². The second-order valence-electron chi connectivity index (χ2n) is 3.98. The van der Waals surface area contributed by atoms with E-state index >= 15 is 0 Å². The fourth-order valence-corrected chi connectivity index (χ4v) is 1.80. The minimum atomic E-state index is -0.259. The zero-order chi connectivity index (χ0) is 11.7. The number of nitrogens with two attached hydrogens (primary N) is 1. The molecule has 0 heterocycles. The quantitative estimate of drug-likeness (QED) is 0.721. The number of halogens is 1. The molecule has 0 spiro atoms. The van der Waals surface area contributed by atoms with Gasteiger partial charge in [0.05, 0.1) is 0 Å². The first kappa shape index (κ1) is 10.7. The van der Waals surface area contributed by atoms with E-state index in [1.165, 1.54) is 17.7 Å². The lowest BCUT2D eigenvalue weighted by Crippen LogP contribution is -1.94. The average molecular weight is 215 g/mol. The second kappa shape index (κ2) is 3.97. The van der Waals surface area contributed by atoms with E-state index < -0.39 is 0 Å². The van der Waals surface area contributed by atoms with E-state index in [0.29, 0.717) is 5.69 Å². The molecule has 0 fully saturated rings. The molecule has 1 nitrogen and oxygen atoms in total. The van der Waals surface area contributed by atoms with Crippen molar-refractivity contribution in [3.63, 3.8) is 0 Å². The third-order valence-electron chi connectivity index (χ3n) is 2.91. The van der Waals surface area contributed by atoms with Crippen LogP contribution in [0.4, 0.5) is 10.1 Å². The van der Waals surface area contributed by atoms with Crippen LogP contribution in [0.15, 0.2) is 36.4 Å². The van der Waals surface area contributed by atoms with E-state index in [9.17, 15) is 4.39 Å². The lowest BCUT2D eigenvalue weighted by Gasteiger charge is -2.11. The van der Waals surface area contributed by atoms with Gasteiger partial charge in [0, 0.05) is 11.3 Å². The SMILES string of the molecule is Cc1cccc(-c2cc(F)ccc2N)c1C. The predicted molar refractivity (Wildman–Crippen MR) is 65.7 cm³/mol. The summed E-state index contributed by atoms with van der Waals surface area (Å²) < 4.78 is 13.2. The Labute approximate surface area is 94.7 Å². The fraction of sp³-hybridized carbons (Fsp3) is 0.143. The predicted octanol–water partition coefficient (Wildman–Crippen LogP) is 3.69. The highest BCUT2D eigenvalue weighted by molar-refractivity contribution is 5.79. The number of hydrogen-bond donors (Lipinski definition) is 1. The van der Waals surface area contributed by atoms with Gasteiger partial charge in [-0.25, -0.2) is 4.39 Å². The number of aryl methyl sites for hydroxylation is 1. The summed E-state index contributed by atoms with van der Waals surface area (Å²) in [5, 5.41) is 0. The van der Waals surface area contributed by atoms with Crippen molar-refractivity contribution in [2.45, 2.75) is 13.8 Å². The molecule has 2 heteroatoms. The molecule has 0 aromatic heterocycles. The maximum absolute atomic E-state index is 13.2. The first-order chi connectivity index (χ1) is 7.59. The van der Waals surface area contributed by atoms with E-state index in [1.807, 2.05) is 32.0 Å². The molecule has 82 valence electrons. The van der Waals surface area contributed by atoms with Gasteiger partial charge in [0.25, 0.3) is 0 Å². The largest absolute Gasteiger partial charge is 0.398 e. The maximum Gasteiger partial charge on any atom is 0.123 e. The molecule has 0 saturated heterocycles. The normalized spacial score (nSPS) is 10.4. The van der Waals surface area contributed by atoms with Crippen LogP contribution in [-0.2, 0) is 0 Å². The molecule has 2 aromatic rings. The molecule has 0 amide bonds. The van der Waals surface area contributed by atoms with E-state index in [0.717, 1.165) is 16.7 Å². The van der Waals surface area contributed by atoms with Gasteiger partial charge in [0.1, 0.15) is 5.82 Å². The Balaban J connectivity index is 2.67. The topological polar surface area (TPSA) is 26.0 Å². The standard InChI is InChI=1S/C14H14FN/c1-9-4-3-5-12(10(9)2)13-8-11(15)6-7-14(13)16/h3-8H,16H2,1-2H3. The molecule has 0 radical (unpaired) electrons. The lowest BCUT2D eigenvalue weighted by molar-refractivity contribution is 0.628. The van der Waals surface area contributed by atoms with Gasteiger partial charge in [-0.2, -0.15) is 0 Å². The molecule has 2 rings (SSSR count).